The van der Waals surface area contributed by atoms with Crippen molar-refractivity contribution in [3.8, 4) is 0 Å². The summed E-state index contributed by atoms with van der Waals surface area (Å²) < 4.78 is 26.1. The van der Waals surface area contributed by atoms with E-state index < -0.39 is 16.1 Å². The molecule has 1 atom stereocenters. The van der Waals surface area contributed by atoms with Crippen molar-refractivity contribution < 1.29 is 18.0 Å². The fraction of sp³-hybridized carbons (Fsp3) is 0.481. The van der Waals surface area contributed by atoms with E-state index in [9.17, 15) is 18.0 Å². The van der Waals surface area contributed by atoms with Crippen LogP contribution in [0.3, 0.4) is 0 Å². The molecule has 1 fully saturated rings. The lowest BCUT2D eigenvalue weighted by atomic mass is 10.1. The van der Waals surface area contributed by atoms with Crippen molar-refractivity contribution in [3.05, 3.63) is 65.2 Å². The molecule has 0 unspecified atom stereocenters. The van der Waals surface area contributed by atoms with Gasteiger partial charge in [0.25, 0.3) is 0 Å². The van der Waals surface area contributed by atoms with Crippen LogP contribution in [0.5, 0.6) is 0 Å². The van der Waals surface area contributed by atoms with Crippen molar-refractivity contribution in [3.63, 3.8) is 0 Å². The van der Waals surface area contributed by atoms with Gasteiger partial charge in [-0.05, 0) is 49.4 Å². The van der Waals surface area contributed by atoms with Gasteiger partial charge in [-0.15, -0.1) is 0 Å². The first kappa shape index (κ1) is 28.0. The van der Waals surface area contributed by atoms with Gasteiger partial charge in [-0.2, -0.15) is 0 Å². The van der Waals surface area contributed by atoms with Crippen LogP contribution in [0.15, 0.2) is 54.6 Å². The minimum Gasteiger partial charge on any atom is -0.352 e. The Kier molecular flexibility index (Phi) is 10.2. The summed E-state index contributed by atoms with van der Waals surface area (Å²) in [5.74, 6) is -0.294. The van der Waals surface area contributed by atoms with Gasteiger partial charge >= 0.3 is 0 Å². The van der Waals surface area contributed by atoms with E-state index >= 15 is 0 Å². The van der Waals surface area contributed by atoms with Crippen LogP contribution in [0, 0.1) is 0 Å². The van der Waals surface area contributed by atoms with Gasteiger partial charge in [0.05, 0.1) is 11.9 Å². The Labute approximate surface area is 219 Å². The van der Waals surface area contributed by atoms with Gasteiger partial charge in [0.1, 0.15) is 6.04 Å². The van der Waals surface area contributed by atoms with Crippen LogP contribution in [-0.4, -0.2) is 50.0 Å². The van der Waals surface area contributed by atoms with Gasteiger partial charge in [0, 0.05) is 30.6 Å². The smallest absolute Gasteiger partial charge is 0.243 e. The third kappa shape index (κ3) is 7.96. The summed E-state index contributed by atoms with van der Waals surface area (Å²) in [4.78, 5) is 28.3. The lowest BCUT2D eigenvalue weighted by Crippen LogP contribution is -2.51. The molecule has 1 saturated carbocycles. The van der Waals surface area contributed by atoms with Crippen LogP contribution >= 0.6 is 11.6 Å². The molecule has 1 aliphatic carbocycles. The van der Waals surface area contributed by atoms with E-state index in [1.807, 2.05) is 37.3 Å². The molecule has 0 bridgehead atoms. The van der Waals surface area contributed by atoms with Gasteiger partial charge < -0.3 is 10.2 Å². The standard InChI is InChI=1S/C27H36ClN3O4S/c1-3-25(27(33)29-23-14-7-8-15-23)30(20-21-11-5-4-6-12-21)26(32)17-10-18-31(36(2,34)35)24-16-9-13-22(28)19-24/h4-6,9,11-13,16,19,23,25H,3,7-8,10,14-15,17-18,20H2,1-2H3,(H,29,33)/t25-/m1/s1. The molecule has 2 aromatic rings. The number of carbonyl (C=O) groups excluding carboxylic acids is 2. The first-order chi connectivity index (χ1) is 17.2. The van der Waals surface area contributed by atoms with Crippen LogP contribution in [0.25, 0.3) is 0 Å². The van der Waals surface area contributed by atoms with E-state index in [1.165, 1.54) is 4.31 Å². The van der Waals surface area contributed by atoms with Gasteiger partial charge in [-0.25, -0.2) is 8.42 Å². The monoisotopic (exact) mass is 533 g/mol. The maximum atomic E-state index is 13.5. The lowest BCUT2D eigenvalue weighted by Gasteiger charge is -2.32. The van der Waals surface area contributed by atoms with Crippen molar-refractivity contribution in [1.29, 1.82) is 0 Å². The number of amides is 2. The van der Waals surface area contributed by atoms with E-state index in [4.69, 9.17) is 11.6 Å². The Hall–Kier alpha value is -2.58. The number of anilines is 1. The van der Waals surface area contributed by atoms with Crippen molar-refractivity contribution >= 4 is 39.1 Å². The highest BCUT2D eigenvalue weighted by molar-refractivity contribution is 7.92. The SMILES string of the molecule is CC[C@H](C(=O)NC1CCCC1)N(Cc1ccccc1)C(=O)CCCN(c1cccc(Cl)c1)S(C)(=O)=O. The molecule has 3 rings (SSSR count). The molecular formula is C27H36ClN3O4S. The molecule has 0 aliphatic heterocycles. The molecule has 2 aromatic carbocycles. The maximum Gasteiger partial charge on any atom is 0.243 e. The number of nitrogens with zero attached hydrogens (tertiary/aromatic N) is 2. The lowest BCUT2D eigenvalue weighted by molar-refractivity contribution is -0.141. The number of rotatable bonds is 12. The summed E-state index contributed by atoms with van der Waals surface area (Å²) in [6, 6.07) is 15.8. The Morgan fingerprint density at radius 3 is 2.39 bits per heavy atom. The second-order valence-corrected chi connectivity index (χ2v) is 11.7. The van der Waals surface area contributed by atoms with E-state index in [0.717, 1.165) is 37.5 Å². The van der Waals surface area contributed by atoms with Gasteiger partial charge in [-0.3, -0.25) is 13.9 Å². The molecule has 2 amide bonds. The molecule has 0 spiro atoms. The third-order valence-corrected chi connectivity index (χ3v) is 7.96. The Morgan fingerprint density at radius 1 is 1.08 bits per heavy atom. The van der Waals surface area contributed by atoms with Crippen molar-refractivity contribution in [2.24, 2.45) is 0 Å². The fourth-order valence-electron chi connectivity index (χ4n) is 4.70. The number of benzene rings is 2. The van der Waals surface area contributed by atoms with Gasteiger partial charge in [0.15, 0.2) is 0 Å². The molecular weight excluding hydrogens is 498 g/mol. The summed E-state index contributed by atoms with van der Waals surface area (Å²) in [5.41, 5.74) is 1.40. The Balaban J connectivity index is 1.73. The molecule has 196 valence electrons. The maximum absolute atomic E-state index is 13.5. The van der Waals surface area contributed by atoms with Crippen molar-refractivity contribution in [2.75, 3.05) is 17.1 Å². The summed E-state index contributed by atoms with van der Waals surface area (Å²) in [6.45, 7) is 2.37. The molecule has 36 heavy (non-hydrogen) atoms. The molecule has 1 aliphatic rings. The predicted octanol–water partition coefficient (Wildman–Crippen LogP) is 4.75. The summed E-state index contributed by atoms with van der Waals surface area (Å²) >= 11 is 6.06. The number of nitrogens with one attached hydrogen (secondary N) is 1. The predicted molar refractivity (Wildman–Crippen MR) is 144 cm³/mol. The molecule has 1 N–H and O–H groups in total. The van der Waals surface area contributed by atoms with Crippen LogP contribution in [0.4, 0.5) is 5.69 Å². The van der Waals surface area contributed by atoms with Crippen LogP contribution in [0.1, 0.15) is 57.4 Å². The molecule has 7 nitrogen and oxygen atoms in total. The van der Waals surface area contributed by atoms with Crippen LogP contribution < -0.4 is 9.62 Å². The zero-order chi connectivity index (χ0) is 26.1. The minimum atomic E-state index is -3.56. The van der Waals surface area contributed by atoms with Gasteiger partial charge in [-0.1, -0.05) is 67.8 Å². The molecule has 0 radical (unpaired) electrons. The summed E-state index contributed by atoms with van der Waals surface area (Å²) in [5, 5.41) is 3.57. The topological polar surface area (TPSA) is 86.8 Å². The first-order valence-electron chi connectivity index (χ1n) is 12.6. The van der Waals surface area contributed by atoms with Gasteiger partial charge in [0.2, 0.25) is 21.8 Å². The van der Waals surface area contributed by atoms with E-state index in [-0.39, 0.29) is 30.8 Å². The van der Waals surface area contributed by atoms with E-state index in [1.54, 1.807) is 29.2 Å². The summed E-state index contributed by atoms with van der Waals surface area (Å²) in [6.07, 6.45) is 6.22. The molecule has 0 saturated heterocycles. The normalized spacial score (nSPS) is 14.9. The molecule has 9 heteroatoms. The summed E-state index contributed by atoms with van der Waals surface area (Å²) in [7, 11) is -3.56. The van der Waals surface area contributed by atoms with E-state index in [0.29, 0.717) is 30.1 Å². The number of hydrogen-bond donors (Lipinski definition) is 1. The zero-order valence-electron chi connectivity index (χ0n) is 21.0. The number of carbonyl (C=O) groups is 2. The Bertz CT molecular complexity index is 1120. The first-order valence-corrected chi connectivity index (χ1v) is 14.8. The second-order valence-electron chi connectivity index (χ2n) is 9.34. The van der Waals surface area contributed by atoms with Crippen LogP contribution in [0.2, 0.25) is 5.02 Å². The van der Waals surface area contributed by atoms with Crippen LogP contribution in [-0.2, 0) is 26.2 Å². The second kappa shape index (κ2) is 13.1. The van der Waals surface area contributed by atoms with Crippen molar-refractivity contribution in [2.45, 2.75) is 70.5 Å². The highest BCUT2D eigenvalue weighted by atomic mass is 35.5. The van der Waals surface area contributed by atoms with E-state index in [2.05, 4.69) is 5.32 Å². The minimum absolute atomic E-state index is 0.118. The average molecular weight is 534 g/mol. The number of hydrogen-bond acceptors (Lipinski definition) is 4. The zero-order valence-corrected chi connectivity index (χ0v) is 22.6. The Morgan fingerprint density at radius 2 is 1.78 bits per heavy atom. The average Bonchev–Trinajstić information content (AvgIpc) is 3.34. The molecule has 0 aromatic heterocycles. The molecule has 0 heterocycles. The number of halogens is 1. The largest absolute Gasteiger partial charge is 0.352 e. The third-order valence-electron chi connectivity index (χ3n) is 6.53. The highest BCUT2D eigenvalue weighted by Gasteiger charge is 2.30. The quantitative estimate of drug-likeness (QED) is 0.426. The highest BCUT2D eigenvalue weighted by Crippen LogP contribution is 2.23. The fourth-order valence-corrected chi connectivity index (χ4v) is 5.84. The number of sulfonamides is 1. The van der Waals surface area contributed by atoms with Crippen molar-refractivity contribution in [1.82, 2.24) is 10.2 Å².